The zero-order valence-corrected chi connectivity index (χ0v) is 23.9. The molecule has 0 aromatic heterocycles. The molecule has 1 fully saturated rings. The van der Waals surface area contributed by atoms with Crippen molar-refractivity contribution in [3.63, 3.8) is 0 Å². The van der Waals surface area contributed by atoms with Gasteiger partial charge < -0.3 is 21.1 Å². The van der Waals surface area contributed by atoms with Crippen LogP contribution in [-0.2, 0) is 11.0 Å². The van der Waals surface area contributed by atoms with E-state index in [1.807, 2.05) is 0 Å². The summed E-state index contributed by atoms with van der Waals surface area (Å²) < 4.78 is 28.5. The van der Waals surface area contributed by atoms with E-state index >= 15 is 0 Å². The number of rotatable bonds is 9. The highest BCUT2D eigenvalue weighted by Gasteiger charge is 2.35. The molecule has 7 heteroatoms. The Morgan fingerprint density at radius 2 is 1.60 bits per heavy atom. The van der Waals surface area contributed by atoms with E-state index in [1.54, 1.807) is 31.3 Å². The summed E-state index contributed by atoms with van der Waals surface area (Å²) in [6.45, 7) is 6.82. The molecule has 0 spiro atoms. The summed E-state index contributed by atoms with van der Waals surface area (Å²) in [7, 11) is 1.56. The predicted octanol–water partition coefficient (Wildman–Crippen LogP) is 6.59. The summed E-state index contributed by atoms with van der Waals surface area (Å²) >= 11 is 0. The Labute approximate surface area is 236 Å². The minimum absolute atomic E-state index is 0.00913. The van der Waals surface area contributed by atoms with Gasteiger partial charge in [-0.2, -0.15) is 0 Å². The molecule has 0 aliphatic heterocycles. The fraction of sp³-hybridized carbons (Fsp3) is 0.424. The van der Waals surface area contributed by atoms with Crippen LogP contribution in [0.2, 0.25) is 0 Å². The number of aliphatic hydroxyl groups excluding tert-OH is 1. The first-order valence-electron chi connectivity index (χ1n) is 14.1. The lowest BCUT2D eigenvalue weighted by Crippen LogP contribution is -2.48. The van der Waals surface area contributed by atoms with Gasteiger partial charge in [0.15, 0.2) is 0 Å². The van der Waals surface area contributed by atoms with E-state index in [9.17, 15) is 18.7 Å². The third-order valence-corrected chi connectivity index (χ3v) is 7.96. The van der Waals surface area contributed by atoms with Crippen LogP contribution >= 0.6 is 0 Å². The van der Waals surface area contributed by atoms with Gasteiger partial charge in [-0.05, 0) is 71.3 Å². The Hall–Kier alpha value is -3.29. The van der Waals surface area contributed by atoms with Crippen molar-refractivity contribution >= 4 is 11.6 Å². The highest BCUT2D eigenvalue weighted by atomic mass is 19.1. The topological polar surface area (TPSA) is 73.4 Å². The summed E-state index contributed by atoms with van der Waals surface area (Å²) in [4.78, 5) is 11.9. The van der Waals surface area contributed by atoms with E-state index < -0.39 is 23.8 Å². The number of hydrogen-bond donors (Lipinski definition) is 4. The van der Waals surface area contributed by atoms with Crippen LogP contribution in [0, 0.1) is 11.6 Å². The summed E-state index contributed by atoms with van der Waals surface area (Å²) in [5.74, 6) is -1.63. The molecule has 1 amide bonds. The largest absolute Gasteiger partial charge is 0.389 e. The molecular formula is C33H41F2N3O2. The average Bonchev–Trinajstić information content (AvgIpc) is 2.94. The van der Waals surface area contributed by atoms with Gasteiger partial charge in [0.25, 0.3) is 5.91 Å². The van der Waals surface area contributed by atoms with Crippen LogP contribution in [0.5, 0.6) is 0 Å². The van der Waals surface area contributed by atoms with Gasteiger partial charge in [0.1, 0.15) is 11.6 Å². The van der Waals surface area contributed by atoms with Crippen LogP contribution in [0.3, 0.4) is 0 Å². The maximum absolute atomic E-state index is 14.3. The second-order valence-corrected chi connectivity index (χ2v) is 11.9. The molecule has 4 rings (SSSR count). The number of nitrogens with one attached hydrogen (secondary N) is 3. The number of hydrogen-bond acceptors (Lipinski definition) is 4. The van der Waals surface area contributed by atoms with Crippen molar-refractivity contribution in [1.82, 2.24) is 10.6 Å². The predicted molar refractivity (Wildman–Crippen MR) is 156 cm³/mol. The standard InChI is InChI=1S/C33H41F2N3O2/c1-32(2,3)24-9-8-10-25(19-24)33(15-6-5-7-16-33)37-21-29(39)30(23-17-26(34)20-27(35)18-23)38-28-13-11-22(12-14-28)31(40)36-4/h8-14,17-20,29-30,37-39H,5-7,15-16,21H2,1-4H3,(H,36,40)/t29-,30?/m1/s1. The van der Waals surface area contributed by atoms with Crippen LogP contribution in [0.1, 0.15) is 86.0 Å². The molecule has 3 aromatic rings. The van der Waals surface area contributed by atoms with Gasteiger partial charge in [0.2, 0.25) is 0 Å². The van der Waals surface area contributed by atoms with Gasteiger partial charge in [-0.1, -0.05) is 64.3 Å². The van der Waals surface area contributed by atoms with Gasteiger partial charge in [-0.25, -0.2) is 8.78 Å². The van der Waals surface area contributed by atoms with Gasteiger partial charge in [-0.3, -0.25) is 4.79 Å². The molecule has 1 aliphatic carbocycles. The molecule has 214 valence electrons. The van der Waals surface area contributed by atoms with Gasteiger partial charge in [-0.15, -0.1) is 0 Å². The second-order valence-electron chi connectivity index (χ2n) is 11.9. The molecule has 4 N–H and O–H groups in total. The van der Waals surface area contributed by atoms with Crippen molar-refractivity contribution in [3.05, 3.63) is 101 Å². The SMILES string of the molecule is CNC(=O)c1ccc(NC(c2cc(F)cc(F)c2)[C@H](O)CNC2(c3cccc(C(C)(C)C)c3)CCCCC2)cc1. The van der Waals surface area contributed by atoms with Crippen molar-refractivity contribution in [2.45, 2.75) is 76.0 Å². The molecular weight excluding hydrogens is 508 g/mol. The van der Waals surface area contributed by atoms with Crippen LogP contribution in [0.4, 0.5) is 14.5 Å². The van der Waals surface area contributed by atoms with E-state index in [1.165, 1.54) is 29.7 Å². The first-order valence-corrected chi connectivity index (χ1v) is 14.1. The fourth-order valence-electron chi connectivity index (χ4n) is 5.62. The second kappa shape index (κ2) is 12.5. The van der Waals surface area contributed by atoms with Crippen molar-refractivity contribution in [1.29, 1.82) is 0 Å². The first kappa shape index (κ1) is 29.7. The molecule has 1 saturated carbocycles. The van der Waals surface area contributed by atoms with Gasteiger partial charge in [0, 0.05) is 36.4 Å². The summed E-state index contributed by atoms with van der Waals surface area (Å²) in [5.41, 5.74) is 3.58. The van der Waals surface area contributed by atoms with Crippen LogP contribution in [0.25, 0.3) is 0 Å². The molecule has 0 radical (unpaired) electrons. The Balaban J connectivity index is 1.61. The maximum atomic E-state index is 14.3. The van der Waals surface area contributed by atoms with Crippen LogP contribution < -0.4 is 16.0 Å². The summed E-state index contributed by atoms with van der Waals surface area (Å²) in [6.07, 6.45) is 4.21. The van der Waals surface area contributed by atoms with Crippen molar-refractivity contribution in [2.75, 3.05) is 18.9 Å². The Kier molecular flexibility index (Phi) is 9.26. The molecule has 0 saturated heterocycles. The first-order chi connectivity index (χ1) is 19.0. The number of aliphatic hydroxyl groups is 1. The molecule has 5 nitrogen and oxygen atoms in total. The quantitative estimate of drug-likeness (QED) is 0.243. The van der Waals surface area contributed by atoms with E-state index in [-0.39, 0.29) is 23.4 Å². The molecule has 3 aromatic carbocycles. The third kappa shape index (κ3) is 7.07. The summed E-state index contributed by atoms with van der Waals surface area (Å²) in [5, 5.41) is 21.1. The lowest BCUT2D eigenvalue weighted by molar-refractivity contribution is 0.0963. The minimum atomic E-state index is -1.01. The average molecular weight is 550 g/mol. The van der Waals surface area contributed by atoms with Crippen LogP contribution in [0.15, 0.2) is 66.7 Å². The molecule has 1 unspecified atom stereocenters. The monoisotopic (exact) mass is 549 g/mol. The number of carbonyl (C=O) groups excluding carboxylic acids is 1. The zero-order chi connectivity index (χ0) is 28.9. The zero-order valence-electron chi connectivity index (χ0n) is 23.9. The Morgan fingerprint density at radius 1 is 0.950 bits per heavy atom. The van der Waals surface area contributed by atoms with Crippen LogP contribution in [-0.4, -0.2) is 30.7 Å². The highest BCUT2D eigenvalue weighted by molar-refractivity contribution is 5.94. The number of anilines is 1. The van der Waals surface area contributed by atoms with Gasteiger partial charge in [0.05, 0.1) is 12.1 Å². The van der Waals surface area contributed by atoms with Crippen molar-refractivity contribution in [3.8, 4) is 0 Å². The Bertz CT molecular complexity index is 1280. The normalized spacial score (nSPS) is 16.7. The molecule has 0 heterocycles. The van der Waals surface area contributed by atoms with Gasteiger partial charge >= 0.3 is 0 Å². The van der Waals surface area contributed by atoms with Crippen molar-refractivity contribution < 1.29 is 18.7 Å². The number of amides is 1. The lowest BCUT2D eigenvalue weighted by atomic mass is 9.74. The highest BCUT2D eigenvalue weighted by Crippen LogP contribution is 2.39. The molecule has 2 atom stereocenters. The third-order valence-electron chi connectivity index (χ3n) is 7.96. The summed E-state index contributed by atoms with van der Waals surface area (Å²) in [6, 6.07) is 18.0. The molecule has 0 bridgehead atoms. The molecule has 40 heavy (non-hydrogen) atoms. The maximum Gasteiger partial charge on any atom is 0.251 e. The minimum Gasteiger partial charge on any atom is -0.389 e. The Morgan fingerprint density at radius 3 is 2.20 bits per heavy atom. The van der Waals surface area contributed by atoms with Crippen molar-refractivity contribution in [2.24, 2.45) is 0 Å². The van der Waals surface area contributed by atoms with E-state index in [2.05, 4.69) is 61.0 Å². The van der Waals surface area contributed by atoms with E-state index in [0.29, 0.717) is 16.8 Å². The number of benzene rings is 3. The number of halogens is 2. The fourth-order valence-corrected chi connectivity index (χ4v) is 5.62. The van der Waals surface area contributed by atoms with E-state index in [0.717, 1.165) is 31.7 Å². The lowest BCUT2D eigenvalue weighted by Gasteiger charge is -2.41. The molecule has 1 aliphatic rings. The number of carbonyl (C=O) groups is 1. The smallest absolute Gasteiger partial charge is 0.251 e. The van der Waals surface area contributed by atoms with E-state index in [4.69, 9.17) is 0 Å².